The maximum absolute atomic E-state index is 10.7. The van der Waals surface area contributed by atoms with Crippen molar-refractivity contribution in [1.82, 2.24) is 0 Å². The fourth-order valence-electron chi connectivity index (χ4n) is 2.68. The molecule has 0 aromatic heterocycles. The number of rotatable bonds is 3. The van der Waals surface area contributed by atoms with Gasteiger partial charge in [-0.25, -0.2) is 0 Å². The Morgan fingerprint density at radius 1 is 0.810 bits per heavy atom. The number of nitrogens with zero attached hydrogens (tertiary/aromatic N) is 1. The van der Waals surface area contributed by atoms with Crippen LogP contribution >= 0.6 is 0 Å². The molecule has 0 aliphatic carbocycles. The Balaban J connectivity index is 2.08. The van der Waals surface area contributed by atoms with Gasteiger partial charge in [0.2, 0.25) is 0 Å². The summed E-state index contributed by atoms with van der Waals surface area (Å²) in [5, 5.41) is 22.2. The Morgan fingerprint density at radius 2 is 1.48 bits per heavy atom. The molecule has 2 nitrogen and oxygen atoms in total. The summed E-state index contributed by atoms with van der Waals surface area (Å²) < 4.78 is 0. The SMILES string of the molecule is N#C[C@@H](c1ccccc1)[C@@H](O)c1cccc2ccccc12. The molecular formula is C19H15NO. The van der Waals surface area contributed by atoms with Gasteiger partial charge in [0.1, 0.15) is 5.92 Å². The van der Waals surface area contributed by atoms with Crippen molar-refractivity contribution in [2.45, 2.75) is 12.0 Å². The van der Waals surface area contributed by atoms with E-state index in [2.05, 4.69) is 6.07 Å². The van der Waals surface area contributed by atoms with Gasteiger partial charge in [0.25, 0.3) is 0 Å². The van der Waals surface area contributed by atoms with Crippen molar-refractivity contribution < 1.29 is 5.11 Å². The Kier molecular flexibility index (Phi) is 3.68. The smallest absolute Gasteiger partial charge is 0.101 e. The molecule has 2 heteroatoms. The predicted octanol–water partition coefficient (Wildman–Crippen LogP) is 4.18. The fraction of sp³-hybridized carbons (Fsp3) is 0.105. The van der Waals surface area contributed by atoms with E-state index in [1.807, 2.05) is 72.8 Å². The van der Waals surface area contributed by atoms with E-state index in [0.717, 1.165) is 21.9 Å². The first-order valence-electron chi connectivity index (χ1n) is 6.91. The molecule has 0 amide bonds. The van der Waals surface area contributed by atoms with Crippen LogP contribution in [0.2, 0.25) is 0 Å². The van der Waals surface area contributed by atoms with Crippen LogP contribution in [0.3, 0.4) is 0 Å². The van der Waals surface area contributed by atoms with Crippen LogP contribution in [0.25, 0.3) is 10.8 Å². The molecule has 0 radical (unpaired) electrons. The standard InChI is InChI=1S/C19H15NO/c20-13-18(15-7-2-1-3-8-15)19(21)17-12-6-10-14-9-4-5-11-16(14)17/h1-12,18-19,21H/t18-,19-/m0/s1. The summed E-state index contributed by atoms with van der Waals surface area (Å²) in [6.07, 6.45) is -0.844. The van der Waals surface area contributed by atoms with Crippen molar-refractivity contribution in [3.63, 3.8) is 0 Å². The van der Waals surface area contributed by atoms with E-state index in [1.165, 1.54) is 0 Å². The summed E-state index contributed by atoms with van der Waals surface area (Å²) in [5.74, 6) is -0.572. The molecule has 0 saturated heterocycles. The molecule has 1 N–H and O–H groups in total. The Labute approximate surface area is 123 Å². The molecule has 0 aliphatic rings. The predicted molar refractivity (Wildman–Crippen MR) is 83.7 cm³/mol. The van der Waals surface area contributed by atoms with E-state index >= 15 is 0 Å². The highest BCUT2D eigenvalue weighted by molar-refractivity contribution is 5.86. The van der Waals surface area contributed by atoms with Gasteiger partial charge in [-0.05, 0) is 21.9 Å². The summed E-state index contributed by atoms with van der Waals surface area (Å²) in [4.78, 5) is 0. The van der Waals surface area contributed by atoms with Crippen LogP contribution in [-0.4, -0.2) is 5.11 Å². The number of hydrogen-bond donors (Lipinski definition) is 1. The molecule has 3 rings (SSSR count). The molecule has 0 spiro atoms. The third kappa shape index (κ3) is 2.52. The van der Waals surface area contributed by atoms with Crippen LogP contribution < -0.4 is 0 Å². The summed E-state index contributed by atoms with van der Waals surface area (Å²) in [6.45, 7) is 0. The molecule has 2 atom stereocenters. The summed E-state index contributed by atoms with van der Waals surface area (Å²) >= 11 is 0. The molecule has 3 aromatic rings. The van der Waals surface area contributed by atoms with Gasteiger partial charge >= 0.3 is 0 Å². The van der Waals surface area contributed by atoms with Gasteiger partial charge in [-0.1, -0.05) is 72.8 Å². The van der Waals surface area contributed by atoms with Crippen molar-refractivity contribution >= 4 is 10.8 Å². The molecule has 0 unspecified atom stereocenters. The molecule has 0 aliphatic heterocycles. The highest BCUT2D eigenvalue weighted by Gasteiger charge is 2.23. The van der Waals surface area contributed by atoms with E-state index in [-0.39, 0.29) is 0 Å². The minimum absolute atomic E-state index is 0.572. The number of benzene rings is 3. The topological polar surface area (TPSA) is 44.0 Å². The first kappa shape index (κ1) is 13.4. The van der Waals surface area contributed by atoms with Gasteiger partial charge < -0.3 is 5.11 Å². The highest BCUT2D eigenvalue weighted by Crippen LogP contribution is 2.34. The minimum atomic E-state index is -0.844. The number of nitriles is 1. The van der Waals surface area contributed by atoms with Gasteiger partial charge in [0, 0.05) is 0 Å². The van der Waals surface area contributed by atoms with Gasteiger partial charge in [0.15, 0.2) is 0 Å². The third-order valence-electron chi connectivity index (χ3n) is 3.76. The third-order valence-corrected chi connectivity index (χ3v) is 3.76. The zero-order valence-corrected chi connectivity index (χ0v) is 11.5. The van der Waals surface area contributed by atoms with E-state index < -0.39 is 12.0 Å². The van der Waals surface area contributed by atoms with Gasteiger partial charge in [0.05, 0.1) is 12.2 Å². The summed E-state index contributed by atoms with van der Waals surface area (Å²) in [7, 11) is 0. The van der Waals surface area contributed by atoms with Crippen LogP contribution in [0.4, 0.5) is 0 Å². The van der Waals surface area contributed by atoms with Crippen molar-refractivity contribution in [2.24, 2.45) is 0 Å². The van der Waals surface area contributed by atoms with Crippen molar-refractivity contribution in [2.75, 3.05) is 0 Å². The Bertz CT molecular complexity index is 784. The lowest BCUT2D eigenvalue weighted by Gasteiger charge is -2.19. The second-order valence-corrected chi connectivity index (χ2v) is 5.03. The van der Waals surface area contributed by atoms with Crippen LogP contribution in [0.1, 0.15) is 23.1 Å². The molecule has 0 fully saturated rings. The van der Waals surface area contributed by atoms with E-state index in [9.17, 15) is 10.4 Å². The maximum atomic E-state index is 10.7. The quantitative estimate of drug-likeness (QED) is 0.778. The van der Waals surface area contributed by atoms with Crippen LogP contribution in [0.15, 0.2) is 72.8 Å². The fourth-order valence-corrected chi connectivity index (χ4v) is 2.68. The zero-order valence-electron chi connectivity index (χ0n) is 11.5. The first-order chi connectivity index (χ1) is 10.3. The lowest BCUT2D eigenvalue weighted by atomic mass is 9.88. The lowest BCUT2D eigenvalue weighted by Crippen LogP contribution is -2.09. The van der Waals surface area contributed by atoms with Crippen LogP contribution in [0, 0.1) is 11.3 Å². The molecule has 3 aromatic carbocycles. The zero-order chi connectivity index (χ0) is 14.7. The van der Waals surface area contributed by atoms with E-state index in [1.54, 1.807) is 0 Å². The lowest BCUT2D eigenvalue weighted by molar-refractivity contribution is 0.166. The number of aliphatic hydroxyl groups is 1. The number of hydrogen-bond acceptors (Lipinski definition) is 2. The largest absolute Gasteiger partial charge is 0.387 e. The minimum Gasteiger partial charge on any atom is -0.387 e. The number of fused-ring (bicyclic) bond motifs is 1. The van der Waals surface area contributed by atoms with Crippen LogP contribution in [0.5, 0.6) is 0 Å². The second kappa shape index (κ2) is 5.78. The number of aliphatic hydroxyl groups excluding tert-OH is 1. The molecule has 102 valence electrons. The first-order valence-corrected chi connectivity index (χ1v) is 6.91. The molecule has 0 saturated carbocycles. The average molecular weight is 273 g/mol. The highest BCUT2D eigenvalue weighted by atomic mass is 16.3. The molecule has 21 heavy (non-hydrogen) atoms. The van der Waals surface area contributed by atoms with Crippen molar-refractivity contribution in [1.29, 1.82) is 5.26 Å². The van der Waals surface area contributed by atoms with Crippen LogP contribution in [-0.2, 0) is 0 Å². The summed E-state index contributed by atoms with van der Waals surface area (Å²) in [6, 6.07) is 25.4. The van der Waals surface area contributed by atoms with E-state index in [4.69, 9.17) is 0 Å². The normalized spacial score (nSPS) is 13.5. The molecular weight excluding hydrogens is 258 g/mol. The maximum Gasteiger partial charge on any atom is 0.101 e. The van der Waals surface area contributed by atoms with Crippen molar-refractivity contribution in [3.05, 3.63) is 83.9 Å². The molecule has 0 heterocycles. The van der Waals surface area contributed by atoms with Gasteiger partial charge in [-0.2, -0.15) is 5.26 Å². The van der Waals surface area contributed by atoms with Crippen molar-refractivity contribution in [3.8, 4) is 6.07 Å². The molecule has 0 bridgehead atoms. The monoisotopic (exact) mass is 273 g/mol. The average Bonchev–Trinajstić information content (AvgIpc) is 2.56. The second-order valence-electron chi connectivity index (χ2n) is 5.03. The van der Waals surface area contributed by atoms with Gasteiger partial charge in [-0.15, -0.1) is 0 Å². The Hall–Kier alpha value is -2.63. The Morgan fingerprint density at radius 3 is 2.24 bits per heavy atom. The van der Waals surface area contributed by atoms with Gasteiger partial charge in [-0.3, -0.25) is 0 Å². The summed E-state index contributed by atoms with van der Waals surface area (Å²) in [5.41, 5.74) is 1.63. The van der Waals surface area contributed by atoms with E-state index in [0.29, 0.717) is 0 Å².